The lowest BCUT2D eigenvalue weighted by molar-refractivity contribution is 0.345. The average molecular weight is 282 g/mol. The molecule has 1 aromatic carbocycles. The van der Waals surface area contributed by atoms with Crippen LogP contribution in [0.1, 0.15) is 31.7 Å². The summed E-state index contributed by atoms with van der Waals surface area (Å²) in [4.78, 5) is 0. The first-order chi connectivity index (χ1) is 9.05. The Bertz CT molecular complexity index is 522. The number of hydrogen-bond donors (Lipinski definition) is 0. The van der Waals surface area contributed by atoms with Crippen molar-refractivity contribution in [2.45, 2.75) is 33.1 Å². The van der Waals surface area contributed by atoms with Crippen molar-refractivity contribution in [1.29, 1.82) is 0 Å². The molecule has 2 rings (SSSR count). The molecular formula is C14H22N2O2S. The summed E-state index contributed by atoms with van der Waals surface area (Å²) in [5.41, 5.74) is 1.83. The Balaban J connectivity index is 2.30. The van der Waals surface area contributed by atoms with Crippen molar-refractivity contribution in [3.05, 3.63) is 29.8 Å². The second kappa shape index (κ2) is 5.92. The van der Waals surface area contributed by atoms with Gasteiger partial charge in [-0.15, -0.1) is 0 Å². The highest BCUT2D eigenvalue weighted by atomic mass is 32.2. The molecule has 4 nitrogen and oxygen atoms in total. The second-order valence-electron chi connectivity index (χ2n) is 4.97. The van der Waals surface area contributed by atoms with Crippen LogP contribution in [0.25, 0.3) is 0 Å². The number of nitrogens with zero attached hydrogens (tertiary/aromatic N) is 2. The first kappa shape index (κ1) is 14.3. The fourth-order valence-electron chi connectivity index (χ4n) is 2.50. The molecule has 5 heteroatoms. The second-order valence-corrected chi connectivity index (χ2v) is 6.82. The van der Waals surface area contributed by atoms with Crippen LogP contribution in [0.5, 0.6) is 0 Å². The van der Waals surface area contributed by atoms with Gasteiger partial charge in [0.25, 0.3) is 0 Å². The lowest BCUT2D eigenvalue weighted by atomic mass is 10.2. The number of hydrogen-bond acceptors (Lipinski definition) is 2. The highest BCUT2D eigenvalue weighted by Gasteiger charge is 2.29. The molecule has 19 heavy (non-hydrogen) atoms. The van der Waals surface area contributed by atoms with E-state index in [9.17, 15) is 8.42 Å². The Hall–Kier alpha value is -1.07. The fourth-order valence-corrected chi connectivity index (χ4v) is 4.20. The van der Waals surface area contributed by atoms with E-state index < -0.39 is 10.2 Å². The number of piperidine rings is 1. The van der Waals surface area contributed by atoms with Crippen LogP contribution in [0, 0.1) is 6.92 Å². The summed E-state index contributed by atoms with van der Waals surface area (Å²) in [6, 6.07) is 7.66. The van der Waals surface area contributed by atoms with Gasteiger partial charge in [0.2, 0.25) is 0 Å². The molecule has 1 aliphatic rings. The lowest BCUT2D eigenvalue weighted by Gasteiger charge is -2.32. The summed E-state index contributed by atoms with van der Waals surface area (Å²) in [6.07, 6.45) is 3.05. The standard InChI is InChI=1S/C14H22N2O2S/c1-3-16(14-9-7-8-13(2)12-14)19(17,18)15-10-5-4-6-11-15/h7-9,12H,3-6,10-11H2,1-2H3. The molecule has 0 radical (unpaired) electrons. The van der Waals surface area contributed by atoms with E-state index in [0.717, 1.165) is 30.5 Å². The van der Waals surface area contributed by atoms with Crippen LogP contribution in [0.15, 0.2) is 24.3 Å². The van der Waals surface area contributed by atoms with Gasteiger partial charge in [0.1, 0.15) is 0 Å². The van der Waals surface area contributed by atoms with Crippen molar-refractivity contribution in [3.63, 3.8) is 0 Å². The largest absolute Gasteiger partial charge is 0.304 e. The van der Waals surface area contributed by atoms with Crippen molar-refractivity contribution in [1.82, 2.24) is 4.31 Å². The first-order valence-electron chi connectivity index (χ1n) is 6.90. The predicted octanol–water partition coefficient (Wildman–Crippen LogP) is 2.55. The molecule has 0 amide bonds. The van der Waals surface area contributed by atoms with Crippen LogP contribution >= 0.6 is 0 Å². The minimum Gasteiger partial charge on any atom is -0.258 e. The molecule has 0 atom stereocenters. The van der Waals surface area contributed by atoms with E-state index in [1.54, 1.807) is 4.31 Å². The molecule has 0 bridgehead atoms. The topological polar surface area (TPSA) is 40.6 Å². The van der Waals surface area contributed by atoms with E-state index in [4.69, 9.17) is 0 Å². The van der Waals surface area contributed by atoms with E-state index in [0.29, 0.717) is 19.6 Å². The quantitative estimate of drug-likeness (QED) is 0.851. The van der Waals surface area contributed by atoms with E-state index >= 15 is 0 Å². The molecule has 106 valence electrons. The zero-order chi connectivity index (χ0) is 13.9. The molecule has 1 aliphatic heterocycles. The average Bonchev–Trinajstić information content (AvgIpc) is 2.40. The molecule has 0 saturated carbocycles. The van der Waals surface area contributed by atoms with Crippen LogP contribution in [-0.4, -0.2) is 32.4 Å². The number of aryl methyl sites for hydroxylation is 1. The van der Waals surface area contributed by atoms with Gasteiger partial charge in [0.15, 0.2) is 0 Å². The fraction of sp³-hybridized carbons (Fsp3) is 0.571. The van der Waals surface area contributed by atoms with Gasteiger partial charge in [-0.2, -0.15) is 12.7 Å². The van der Waals surface area contributed by atoms with E-state index in [2.05, 4.69) is 0 Å². The molecule has 1 aromatic rings. The van der Waals surface area contributed by atoms with E-state index in [1.165, 1.54) is 4.31 Å². The molecular weight excluding hydrogens is 260 g/mol. The van der Waals surface area contributed by atoms with Gasteiger partial charge in [-0.25, -0.2) is 0 Å². The molecule has 1 heterocycles. The zero-order valence-electron chi connectivity index (χ0n) is 11.7. The maximum Gasteiger partial charge on any atom is 0.304 e. The SMILES string of the molecule is CCN(c1cccc(C)c1)S(=O)(=O)N1CCCCC1. The zero-order valence-corrected chi connectivity index (χ0v) is 12.5. The van der Waals surface area contributed by atoms with Gasteiger partial charge >= 0.3 is 10.2 Å². The van der Waals surface area contributed by atoms with Crippen molar-refractivity contribution < 1.29 is 8.42 Å². The maximum absolute atomic E-state index is 12.7. The summed E-state index contributed by atoms with van der Waals surface area (Å²) in [5, 5.41) is 0. The summed E-state index contributed by atoms with van der Waals surface area (Å²) in [5.74, 6) is 0. The Morgan fingerprint density at radius 1 is 1.21 bits per heavy atom. The molecule has 1 saturated heterocycles. The number of anilines is 1. The van der Waals surface area contributed by atoms with Gasteiger partial charge in [0.05, 0.1) is 5.69 Å². The minimum absolute atomic E-state index is 0.461. The van der Waals surface area contributed by atoms with Gasteiger partial charge in [0, 0.05) is 19.6 Å². The molecule has 0 N–H and O–H groups in total. The van der Waals surface area contributed by atoms with Gasteiger partial charge < -0.3 is 0 Å². The lowest BCUT2D eigenvalue weighted by Crippen LogP contribution is -2.46. The summed E-state index contributed by atoms with van der Waals surface area (Å²) < 4.78 is 28.5. The molecule has 1 fully saturated rings. The van der Waals surface area contributed by atoms with Crippen molar-refractivity contribution in [3.8, 4) is 0 Å². The third-order valence-electron chi connectivity index (χ3n) is 3.50. The minimum atomic E-state index is -3.38. The predicted molar refractivity (Wildman–Crippen MR) is 78.5 cm³/mol. The summed E-state index contributed by atoms with van der Waals surface area (Å²) in [7, 11) is -3.38. The molecule has 0 spiro atoms. The summed E-state index contributed by atoms with van der Waals surface area (Å²) in [6.45, 7) is 5.60. The van der Waals surface area contributed by atoms with Crippen LogP contribution < -0.4 is 4.31 Å². The van der Waals surface area contributed by atoms with Crippen LogP contribution in [0.4, 0.5) is 5.69 Å². The van der Waals surface area contributed by atoms with Crippen LogP contribution in [0.3, 0.4) is 0 Å². The van der Waals surface area contributed by atoms with Crippen molar-refractivity contribution in [2.75, 3.05) is 23.9 Å². The third kappa shape index (κ3) is 3.09. The Labute approximate surface area is 116 Å². The van der Waals surface area contributed by atoms with Crippen molar-refractivity contribution in [2.24, 2.45) is 0 Å². The first-order valence-corrected chi connectivity index (χ1v) is 8.30. The summed E-state index contributed by atoms with van der Waals surface area (Å²) >= 11 is 0. The Morgan fingerprint density at radius 3 is 2.47 bits per heavy atom. The Morgan fingerprint density at radius 2 is 1.89 bits per heavy atom. The molecule has 0 aliphatic carbocycles. The van der Waals surface area contributed by atoms with Gasteiger partial charge in [-0.05, 0) is 44.4 Å². The maximum atomic E-state index is 12.7. The molecule has 0 unspecified atom stereocenters. The van der Waals surface area contributed by atoms with Crippen molar-refractivity contribution >= 4 is 15.9 Å². The molecule has 0 aromatic heterocycles. The smallest absolute Gasteiger partial charge is 0.258 e. The van der Waals surface area contributed by atoms with Gasteiger partial charge in [-0.3, -0.25) is 4.31 Å². The van der Waals surface area contributed by atoms with Crippen LogP contribution in [0.2, 0.25) is 0 Å². The van der Waals surface area contributed by atoms with E-state index in [1.807, 2.05) is 38.1 Å². The highest BCUT2D eigenvalue weighted by Crippen LogP contribution is 2.23. The number of rotatable bonds is 4. The van der Waals surface area contributed by atoms with E-state index in [-0.39, 0.29) is 0 Å². The normalized spacial score (nSPS) is 17.4. The number of benzene rings is 1. The highest BCUT2D eigenvalue weighted by molar-refractivity contribution is 7.90. The Kier molecular flexibility index (Phi) is 4.47. The monoisotopic (exact) mass is 282 g/mol. The third-order valence-corrected chi connectivity index (χ3v) is 5.54. The van der Waals surface area contributed by atoms with Gasteiger partial charge in [-0.1, -0.05) is 18.6 Å². The van der Waals surface area contributed by atoms with Crippen LogP contribution in [-0.2, 0) is 10.2 Å².